The predicted octanol–water partition coefficient (Wildman–Crippen LogP) is -0.816. The number of carboxylic acids is 5. The second-order valence-electron chi connectivity index (χ2n) is 9.62. The van der Waals surface area contributed by atoms with Gasteiger partial charge < -0.3 is 25.5 Å². The average Bonchev–Trinajstić information content (AvgIpc) is 2.89. The number of nitriles is 1. The molecule has 1 aliphatic heterocycles. The lowest BCUT2D eigenvalue weighted by molar-refractivity contribution is -0.144. The molecule has 41 heavy (non-hydrogen) atoms. The van der Waals surface area contributed by atoms with E-state index in [1.165, 1.54) is 9.80 Å². The Bertz CT molecular complexity index is 1110. The monoisotopic (exact) mass is 595 g/mol. The molecule has 1 saturated heterocycles. The molecule has 2 rings (SSSR count). The summed E-state index contributed by atoms with van der Waals surface area (Å²) < 4.78 is 0. The SMILES string of the molecule is N#CSc1ccc(CC2CN(CC(=O)O)C(CN(CC(=O)O)CC(=O)O)CN(CC(=O)O)CCN2CC(=O)O)cc1. The van der Waals surface area contributed by atoms with Crippen LogP contribution in [0.5, 0.6) is 0 Å². The second kappa shape index (κ2) is 16.5. The molecule has 1 heterocycles. The number of carbonyl (C=O) groups is 5. The van der Waals surface area contributed by atoms with Crippen molar-refractivity contribution in [1.82, 2.24) is 19.6 Å². The highest BCUT2D eigenvalue weighted by Crippen LogP contribution is 2.20. The second-order valence-corrected chi connectivity index (χ2v) is 10.5. The summed E-state index contributed by atoms with van der Waals surface area (Å²) in [6, 6.07) is 5.68. The first-order valence-electron chi connectivity index (χ1n) is 12.5. The quantitative estimate of drug-likeness (QED) is 0.123. The molecule has 0 spiro atoms. The maximum absolute atomic E-state index is 11.9. The highest BCUT2D eigenvalue weighted by atomic mass is 32.2. The number of carboxylic acid groups (broad SMARTS) is 5. The molecule has 5 N–H and O–H groups in total. The van der Waals surface area contributed by atoms with E-state index in [0.29, 0.717) is 11.3 Å². The van der Waals surface area contributed by atoms with Crippen molar-refractivity contribution >= 4 is 41.6 Å². The summed E-state index contributed by atoms with van der Waals surface area (Å²) in [7, 11) is 0. The van der Waals surface area contributed by atoms with E-state index in [1.54, 1.807) is 29.2 Å². The number of thiocyanates is 1. The molecular formula is C25H33N5O10S. The average molecular weight is 596 g/mol. The van der Waals surface area contributed by atoms with Gasteiger partial charge in [0.25, 0.3) is 0 Å². The van der Waals surface area contributed by atoms with Crippen LogP contribution in [0.25, 0.3) is 0 Å². The Morgan fingerprint density at radius 1 is 0.780 bits per heavy atom. The van der Waals surface area contributed by atoms with Gasteiger partial charge in [-0.2, -0.15) is 5.26 Å². The Morgan fingerprint density at radius 2 is 1.34 bits per heavy atom. The lowest BCUT2D eigenvalue weighted by Crippen LogP contribution is -2.55. The van der Waals surface area contributed by atoms with Crippen LogP contribution in [0.4, 0.5) is 0 Å². The summed E-state index contributed by atoms with van der Waals surface area (Å²) in [5, 5.41) is 58.4. The number of hydrogen-bond acceptors (Lipinski definition) is 11. The van der Waals surface area contributed by atoms with Crippen molar-refractivity contribution in [3.05, 3.63) is 29.8 Å². The number of rotatable bonds is 15. The number of nitrogens with zero attached hydrogens (tertiary/aromatic N) is 5. The van der Waals surface area contributed by atoms with Gasteiger partial charge in [0.15, 0.2) is 0 Å². The first-order chi connectivity index (χ1) is 19.4. The molecule has 1 aliphatic rings. The molecule has 0 aromatic heterocycles. The third kappa shape index (κ3) is 12.5. The largest absolute Gasteiger partial charge is 0.480 e. The highest BCUT2D eigenvalue weighted by Gasteiger charge is 2.34. The highest BCUT2D eigenvalue weighted by molar-refractivity contribution is 8.03. The zero-order valence-electron chi connectivity index (χ0n) is 22.2. The lowest BCUT2D eigenvalue weighted by atomic mass is 10.0. The van der Waals surface area contributed by atoms with Crippen LogP contribution in [0, 0.1) is 10.7 Å². The zero-order valence-corrected chi connectivity index (χ0v) is 23.0. The minimum Gasteiger partial charge on any atom is -0.480 e. The Hall–Kier alpha value is -3.75. The van der Waals surface area contributed by atoms with Crippen LogP contribution in [-0.2, 0) is 30.4 Å². The van der Waals surface area contributed by atoms with E-state index in [-0.39, 0.29) is 32.7 Å². The van der Waals surface area contributed by atoms with Crippen LogP contribution in [-0.4, -0.2) is 153 Å². The molecule has 0 radical (unpaired) electrons. The molecule has 15 nitrogen and oxygen atoms in total. The van der Waals surface area contributed by atoms with Crippen molar-refractivity contribution in [3.8, 4) is 5.40 Å². The minimum atomic E-state index is -1.29. The van der Waals surface area contributed by atoms with Gasteiger partial charge in [-0.25, -0.2) is 0 Å². The van der Waals surface area contributed by atoms with Crippen LogP contribution in [0.1, 0.15) is 5.56 Å². The predicted molar refractivity (Wildman–Crippen MR) is 143 cm³/mol. The molecule has 2 atom stereocenters. The molecule has 0 bridgehead atoms. The van der Waals surface area contributed by atoms with Gasteiger partial charge in [-0.1, -0.05) is 12.1 Å². The van der Waals surface area contributed by atoms with E-state index in [1.807, 2.05) is 5.40 Å². The summed E-state index contributed by atoms with van der Waals surface area (Å²) in [5.74, 6) is -6.09. The van der Waals surface area contributed by atoms with Crippen LogP contribution in [0.15, 0.2) is 29.2 Å². The van der Waals surface area contributed by atoms with Gasteiger partial charge in [0, 0.05) is 49.7 Å². The molecule has 0 saturated carbocycles. The van der Waals surface area contributed by atoms with E-state index in [9.17, 15) is 49.5 Å². The van der Waals surface area contributed by atoms with Gasteiger partial charge in [0.1, 0.15) is 5.40 Å². The normalized spacial score (nSPS) is 19.0. The van der Waals surface area contributed by atoms with Crippen LogP contribution in [0.2, 0.25) is 0 Å². The maximum atomic E-state index is 11.9. The first-order valence-corrected chi connectivity index (χ1v) is 13.3. The molecule has 0 amide bonds. The number of aliphatic carboxylic acids is 5. The standard InChI is InChI=1S/C25H33N5O10S/c26-16-41-20-3-1-17(2-4-20)7-18-10-30(15-25(39)40)19(9-28(12-22(33)34)13-23(35)36)8-27(11-21(31)32)5-6-29(18)14-24(37)38/h1-4,18-19H,5-15H2,(H,31,32)(H,33,34)(H,35,36)(H,37,38)(H,39,40). The zero-order chi connectivity index (χ0) is 30.5. The van der Waals surface area contributed by atoms with Crippen molar-refractivity contribution in [3.63, 3.8) is 0 Å². The topological polar surface area (TPSA) is 223 Å². The van der Waals surface area contributed by atoms with Gasteiger partial charge in [0.2, 0.25) is 0 Å². The maximum Gasteiger partial charge on any atom is 0.317 e. The molecule has 2 unspecified atom stereocenters. The van der Waals surface area contributed by atoms with Gasteiger partial charge in [-0.3, -0.25) is 43.6 Å². The van der Waals surface area contributed by atoms with Crippen LogP contribution in [0.3, 0.4) is 0 Å². The van der Waals surface area contributed by atoms with Crippen molar-refractivity contribution in [2.45, 2.75) is 23.4 Å². The Labute approximate surface area is 240 Å². The van der Waals surface area contributed by atoms with Gasteiger partial charge in [0.05, 0.1) is 32.7 Å². The summed E-state index contributed by atoms with van der Waals surface area (Å²) in [4.78, 5) is 64.7. The Balaban J connectivity index is 2.53. The fraction of sp³-hybridized carbons (Fsp3) is 0.520. The summed E-state index contributed by atoms with van der Waals surface area (Å²) in [6.07, 6.45) is 0.292. The fourth-order valence-electron chi connectivity index (χ4n) is 4.83. The van der Waals surface area contributed by atoms with E-state index in [2.05, 4.69) is 0 Å². The first kappa shape index (κ1) is 33.5. The van der Waals surface area contributed by atoms with Crippen molar-refractivity contribution in [1.29, 1.82) is 5.26 Å². The number of benzene rings is 1. The van der Waals surface area contributed by atoms with Crippen molar-refractivity contribution in [2.24, 2.45) is 0 Å². The van der Waals surface area contributed by atoms with Crippen molar-refractivity contribution < 1.29 is 49.5 Å². The molecule has 1 aromatic carbocycles. The van der Waals surface area contributed by atoms with Gasteiger partial charge >= 0.3 is 29.8 Å². The number of thioether (sulfide) groups is 1. The molecule has 0 aliphatic carbocycles. The van der Waals surface area contributed by atoms with E-state index >= 15 is 0 Å². The molecule has 1 fully saturated rings. The molecule has 1 aromatic rings. The summed E-state index contributed by atoms with van der Waals surface area (Å²) >= 11 is 0.977. The lowest BCUT2D eigenvalue weighted by Gasteiger charge is -2.38. The summed E-state index contributed by atoms with van der Waals surface area (Å²) in [6.45, 7) is -2.58. The smallest absolute Gasteiger partial charge is 0.317 e. The fourth-order valence-corrected chi connectivity index (χ4v) is 5.21. The van der Waals surface area contributed by atoms with Gasteiger partial charge in [-0.05, 0) is 35.9 Å². The van der Waals surface area contributed by atoms with E-state index in [0.717, 1.165) is 22.2 Å². The molecular weight excluding hydrogens is 562 g/mol. The molecule has 224 valence electrons. The molecule has 16 heteroatoms. The van der Waals surface area contributed by atoms with Crippen LogP contribution >= 0.6 is 11.8 Å². The third-order valence-corrected chi connectivity index (χ3v) is 7.03. The minimum absolute atomic E-state index is 0.0217. The Morgan fingerprint density at radius 3 is 1.85 bits per heavy atom. The third-order valence-electron chi connectivity index (χ3n) is 6.43. The van der Waals surface area contributed by atoms with E-state index in [4.69, 9.17) is 5.26 Å². The Kier molecular flexibility index (Phi) is 13.5. The van der Waals surface area contributed by atoms with Crippen molar-refractivity contribution in [2.75, 3.05) is 65.4 Å². The van der Waals surface area contributed by atoms with Gasteiger partial charge in [-0.15, -0.1) is 0 Å². The van der Waals surface area contributed by atoms with E-state index < -0.39 is 74.7 Å². The summed E-state index contributed by atoms with van der Waals surface area (Å²) in [5.41, 5.74) is 0.791. The van der Waals surface area contributed by atoms with Crippen LogP contribution < -0.4 is 0 Å². The number of hydrogen-bond donors (Lipinski definition) is 5.